The second-order valence-electron chi connectivity index (χ2n) is 5.98. The Labute approximate surface area is 159 Å². The van der Waals surface area contributed by atoms with Gasteiger partial charge < -0.3 is 9.72 Å². The summed E-state index contributed by atoms with van der Waals surface area (Å²) in [5, 5.41) is 0.00493. The van der Waals surface area contributed by atoms with Gasteiger partial charge in [0, 0.05) is 26.2 Å². The van der Waals surface area contributed by atoms with Crippen molar-refractivity contribution in [2.24, 2.45) is 0 Å². The van der Waals surface area contributed by atoms with Crippen LogP contribution in [0.5, 0.6) is 5.75 Å². The van der Waals surface area contributed by atoms with Crippen molar-refractivity contribution < 1.29 is 21.6 Å². The fourth-order valence-electron chi connectivity index (χ4n) is 2.90. The van der Waals surface area contributed by atoms with E-state index in [1.54, 1.807) is 12.1 Å². The van der Waals surface area contributed by atoms with Crippen LogP contribution in [0.4, 0.5) is 0 Å². The summed E-state index contributed by atoms with van der Waals surface area (Å²) in [4.78, 5) is 6.50. The van der Waals surface area contributed by atoms with Gasteiger partial charge in [0.1, 0.15) is 5.75 Å². The molecule has 1 aliphatic rings. The van der Waals surface area contributed by atoms with Gasteiger partial charge in [0.05, 0.1) is 24.0 Å². The van der Waals surface area contributed by atoms with E-state index in [0.717, 1.165) is 0 Å². The van der Waals surface area contributed by atoms with Crippen molar-refractivity contribution in [3.63, 3.8) is 0 Å². The van der Waals surface area contributed by atoms with Gasteiger partial charge in [0.25, 0.3) is 10.0 Å². The summed E-state index contributed by atoms with van der Waals surface area (Å²) < 4.78 is 58.9. The number of hydrogen-bond acceptors (Lipinski definition) is 6. The van der Waals surface area contributed by atoms with Crippen LogP contribution in [0.15, 0.2) is 46.7 Å². The molecule has 11 heteroatoms. The second kappa shape index (κ2) is 7.97. The van der Waals surface area contributed by atoms with Gasteiger partial charge in [0.2, 0.25) is 10.0 Å². The molecule has 1 N–H and O–H groups in total. The van der Waals surface area contributed by atoms with Crippen molar-refractivity contribution >= 4 is 20.0 Å². The molecule has 0 aliphatic carbocycles. The van der Waals surface area contributed by atoms with Crippen molar-refractivity contribution in [3.8, 4) is 5.75 Å². The minimum absolute atomic E-state index is 0.00493. The first-order valence-corrected chi connectivity index (χ1v) is 11.5. The van der Waals surface area contributed by atoms with E-state index in [0.29, 0.717) is 18.8 Å². The number of ether oxygens (including phenoxy) is 1. The largest absolute Gasteiger partial charge is 0.494 e. The number of aromatic nitrogens is 2. The Balaban J connectivity index is 1.75. The highest BCUT2D eigenvalue weighted by Gasteiger charge is 2.32. The summed E-state index contributed by atoms with van der Waals surface area (Å²) in [7, 11) is -7.41. The summed E-state index contributed by atoms with van der Waals surface area (Å²) in [5.74, 6) is 0.601. The quantitative estimate of drug-likeness (QED) is 0.751. The van der Waals surface area contributed by atoms with Crippen molar-refractivity contribution in [1.82, 2.24) is 18.6 Å². The van der Waals surface area contributed by atoms with Crippen molar-refractivity contribution in [1.29, 1.82) is 0 Å². The van der Waals surface area contributed by atoms with Crippen LogP contribution < -0.4 is 4.74 Å². The molecule has 0 saturated carbocycles. The van der Waals surface area contributed by atoms with Crippen LogP contribution in [0, 0.1) is 0 Å². The molecule has 27 heavy (non-hydrogen) atoms. The lowest BCUT2D eigenvalue weighted by Gasteiger charge is -2.21. The number of aromatic amines is 1. The van der Waals surface area contributed by atoms with E-state index < -0.39 is 20.0 Å². The van der Waals surface area contributed by atoms with E-state index in [-0.39, 0.29) is 36.1 Å². The van der Waals surface area contributed by atoms with Gasteiger partial charge in [-0.25, -0.2) is 21.8 Å². The third kappa shape index (κ3) is 4.15. The lowest BCUT2D eigenvalue weighted by atomic mass is 10.3. The fourth-order valence-corrected chi connectivity index (χ4v) is 5.73. The number of nitrogens with zero attached hydrogens (tertiary/aromatic N) is 3. The minimum Gasteiger partial charge on any atom is -0.494 e. The van der Waals surface area contributed by atoms with Crippen molar-refractivity contribution in [2.45, 2.75) is 23.3 Å². The smallest absolute Gasteiger partial charge is 0.260 e. The van der Waals surface area contributed by atoms with Crippen LogP contribution in [-0.2, 0) is 20.0 Å². The van der Waals surface area contributed by atoms with Gasteiger partial charge in [0.15, 0.2) is 5.03 Å². The number of H-pyrrole nitrogens is 1. The van der Waals surface area contributed by atoms with Gasteiger partial charge in [-0.15, -0.1) is 0 Å². The first kappa shape index (κ1) is 19.8. The van der Waals surface area contributed by atoms with Crippen LogP contribution in [0.25, 0.3) is 0 Å². The van der Waals surface area contributed by atoms with Crippen molar-refractivity contribution in [2.75, 3.05) is 32.8 Å². The second-order valence-corrected chi connectivity index (χ2v) is 9.83. The number of nitrogens with one attached hydrogen (secondary N) is 1. The topological polar surface area (TPSA) is 113 Å². The molecule has 0 bridgehead atoms. The Bertz CT molecular complexity index is 957. The summed E-state index contributed by atoms with van der Waals surface area (Å²) in [6, 6.07) is 6.24. The first-order chi connectivity index (χ1) is 12.9. The fraction of sp³-hybridized carbons (Fsp3) is 0.438. The first-order valence-electron chi connectivity index (χ1n) is 8.57. The Kier molecular flexibility index (Phi) is 5.84. The van der Waals surface area contributed by atoms with Crippen molar-refractivity contribution in [3.05, 3.63) is 36.8 Å². The average Bonchev–Trinajstić information content (AvgIpc) is 3.07. The Morgan fingerprint density at radius 3 is 2.19 bits per heavy atom. The van der Waals surface area contributed by atoms with Gasteiger partial charge in [-0.3, -0.25) is 0 Å². The molecule has 0 radical (unpaired) electrons. The highest BCUT2D eigenvalue weighted by Crippen LogP contribution is 2.22. The molecule has 1 saturated heterocycles. The lowest BCUT2D eigenvalue weighted by molar-refractivity contribution is 0.340. The molecule has 148 valence electrons. The maximum Gasteiger partial charge on any atom is 0.260 e. The third-order valence-electron chi connectivity index (χ3n) is 4.28. The van der Waals surface area contributed by atoms with Crippen LogP contribution >= 0.6 is 0 Å². The molecule has 9 nitrogen and oxygen atoms in total. The zero-order valence-electron chi connectivity index (χ0n) is 14.9. The van der Waals surface area contributed by atoms with Gasteiger partial charge in [-0.05, 0) is 37.6 Å². The predicted octanol–water partition coefficient (Wildman–Crippen LogP) is 0.894. The van der Waals surface area contributed by atoms with E-state index in [1.165, 1.54) is 33.3 Å². The van der Waals surface area contributed by atoms with Crippen LogP contribution in [-0.4, -0.2) is 68.2 Å². The molecule has 0 atom stereocenters. The van der Waals surface area contributed by atoms with Gasteiger partial charge in [-0.1, -0.05) is 0 Å². The average molecular weight is 415 g/mol. The zero-order chi connectivity index (χ0) is 19.5. The summed E-state index contributed by atoms with van der Waals surface area (Å²) in [5.41, 5.74) is 0. The molecule has 0 amide bonds. The Morgan fingerprint density at radius 2 is 1.63 bits per heavy atom. The van der Waals surface area contributed by atoms with E-state index >= 15 is 0 Å². The molecule has 1 fully saturated rings. The van der Waals surface area contributed by atoms with Crippen LogP contribution in [0.1, 0.15) is 13.3 Å². The number of benzene rings is 1. The number of hydrogen-bond donors (Lipinski definition) is 1. The maximum atomic E-state index is 12.9. The summed E-state index contributed by atoms with van der Waals surface area (Å²) in [6.45, 7) is 3.02. The number of sulfonamides is 2. The normalized spacial score (nSPS) is 17.5. The molecular formula is C16H22N4O5S2. The third-order valence-corrected chi connectivity index (χ3v) is 8.01. The molecule has 1 aliphatic heterocycles. The highest BCUT2D eigenvalue weighted by atomic mass is 32.2. The number of rotatable bonds is 6. The summed E-state index contributed by atoms with van der Waals surface area (Å²) >= 11 is 0. The molecule has 0 spiro atoms. The lowest BCUT2D eigenvalue weighted by Crippen LogP contribution is -2.37. The van der Waals surface area contributed by atoms with Crippen LogP contribution in [0.3, 0.4) is 0 Å². The van der Waals surface area contributed by atoms with E-state index in [1.807, 2.05) is 6.92 Å². The van der Waals surface area contributed by atoms with E-state index in [2.05, 4.69) is 9.97 Å². The van der Waals surface area contributed by atoms with Gasteiger partial charge >= 0.3 is 0 Å². The van der Waals surface area contributed by atoms with Crippen LogP contribution in [0.2, 0.25) is 0 Å². The molecule has 3 rings (SSSR count). The predicted molar refractivity (Wildman–Crippen MR) is 98.3 cm³/mol. The zero-order valence-corrected chi connectivity index (χ0v) is 16.5. The molecule has 2 aromatic rings. The molecular weight excluding hydrogens is 392 g/mol. The Morgan fingerprint density at radius 1 is 1.00 bits per heavy atom. The minimum atomic E-state index is -3.71. The maximum absolute atomic E-state index is 12.9. The number of imidazole rings is 1. The molecule has 1 aromatic carbocycles. The standard InChI is InChI=1S/C16H22N4O5S2/c1-2-25-14-4-6-15(7-5-14)26(21,22)19-8-3-9-20(11-10-19)27(23,24)16-12-17-13-18-16/h4-7,12-13H,2-3,8-11H2,1H3,(H,17,18). The Hall–Kier alpha value is -1.95. The highest BCUT2D eigenvalue weighted by molar-refractivity contribution is 7.89. The van der Waals surface area contributed by atoms with E-state index in [9.17, 15) is 16.8 Å². The van der Waals surface area contributed by atoms with Gasteiger partial charge in [-0.2, -0.15) is 8.61 Å². The van der Waals surface area contributed by atoms with E-state index in [4.69, 9.17) is 4.74 Å². The molecule has 0 unspecified atom stereocenters. The summed E-state index contributed by atoms with van der Waals surface area (Å²) in [6.07, 6.45) is 2.95. The monoisotopic (exact) mass is 414 g/mol. The molecule has 1 aromatic heterocycles. The SMILES string of the molecule is CCOc1ccc(S(=O)(=O)N2CCCN(S(=O)(=O)c3cnc[nH]3)CC2)cc1. The molecule has 2 heterocycles.